The van der Waals surface area contributed by atoms with Crippen molar-refractivity contribution in [1.29, 1.82) is 0 Å². The van der Waals surface area contributed by atoms with Crippen LogP contribution in [0, 0.1) is 0 Å². The summed E-state index contributed by atoms with van der Waals surface area (Å²) in [6.07, 6.45) is 8.94. The Balaban J connectivity index is 2.52. The summed E-state index contributed by atoms with van der Waals surface area (Å²) in [4.78, 5) is 0. The molecule has 0 fully saturated rings. The first-order chi connectivity index (χ1) is 5.67. The Morgan fingerprint density at radius 1 is 1.50 bits per heavy atom. The Labute approximate surface area is 76.3 Å². The Morgan fingerprint density at radius 2 is 2.25 bits per heavy atom. The molecule has 1 aliphatic carbocycles. The van der Waals surface area contributed by atoms with Gasteiger partial charge < -0.3 is 4.43 Å². The monoisotopic (exact) mass is 182 g/mol. The van der Waals surface area contributed by atoms with Crippen LogP contribution in [0.1, 0.15) is 19.8 Å². The van der Waals surface area contributed by atoms with Crippen LogP contribution in [0.4, 0.5) is 0 Å². The Hall–Kier alpha value is -0.343. The molecule has 2 heteroatoms. The van der Waals surface area contributed by atoms with Crippen molar-refractivity contribution in [2.75, 3.05) is 6.61 Å². The van der Waals surface area contributed by atoms with Crippen molar-refractivity contribution in [3.63, 3.8) is 0 Å². The topological polar surface area (TPSA) is 9.23 Å². The zero-order chi connectivity index (χ0) is 9.03. The van der Waals surface area contributed by atoms with Crippen molar-refractivity contribution >= 4 is 8.32 Å². The molecular formula is C10H18OSi. The molecule has 0 aromatic heterocycles. The van der Waals surface area contributed by atoms with E-state index in [0.717, 1.165) is 19.4 Å². The SMILES string of the molecule is CCCO[Si](C)(C)C1=CCC=C1. The first kappa shape index (κ1) is 9.74. The lowest BCUT2D eigenvalue weighted by molar-refractivity contribution is 0.313. The minimum absolute atomic E-state index is 0.907. The molecule has 0 atom stereocenters. The smallest absolute Gasteiger partial charge is 0.217 e. The van der Waals surface area contributed by atoms with Gasteiger partial charge in [-0.1, -0.05) is 25.2 Å². The van der Waals surface area contributed by atoms with Crippen molar-refractivity contribution in [1.82, 2.24) is 0 Å². The quantitative estimate of drug-likeness (QED) is 0.607. The van der Waals surface area contributed by atoms with Crippen LogP contribution in [0.25, 0.3) is 0 Å². The fourth-order valence-electron chi connectivity index (χ4n) is 1.35. The van der Waals surface area contributed by atoms with E-state index >= 15 is 0 Å². The second-order valence-corrected chi connectivity index (χ2v) is 7.54. The van der Waals surface area contributed by atoms with Crippen molar-refractivity contribution in [3.8, 4) is 0 Å². The highest BCUT2D eigenvalue weighted by atomic mass is 28.4. The molecule has 68 valence electrons. The summed E-state index contributed by atoms with van der Waals surface area (Å²) in [7, 11) is -1.52. The van der Waals surface area contributed by atoms with Gasteiger partial charge in [0, 0.05) is 6.61 Å². The van der Waals surface area contributed by atoms with E-state index < -0.39 is 8.32 Å². The van der Waals surface area contributed by atoms with E-state index in [9.17, 15) is 0 Å². The molecule has 0 spiro atoms. The highest BCUT2D eigenvalue weighted by Crippen LogP contribution is 2.22. The molecule has 0 unspecified atom stereocenters. The van der Waals surface area contributed by atoms with Crippen molar-refractivity contribution in [3.05, 3.63) is 23.4 Å². The average molecular weight is 182 g/mol. The predicted octanol–water partition coefficient (Wildman–Crippen LogP) is 3.04. The highest BCUT2D eigenvalue weighted by Gasteiger charge is 2.26. The normalized spacial score (nSPS) is 16.8. The van der Waals surface area contributed by atoms with E-state index in [1.165, 1.54) is 5.20 Å². The van der Waals surface area contributed by atoms with Crippen LogP contribution in [0.3, 0.4) is 0 Å². The molecule has 1 nitrogen and oxygen atoms in total. The maximum atomic E-state index is 5.88. The van der Waals surface area contributed by atoms with Crippen LogP contribution in [-0.2, 0) is 4.43 Å². The Morgan fingerprint density at radius 3 is 2.75 bits per heavy atom. The number of rotatable bonds is 4. The third-order valence-corrected chi connectivity index (χ3v) is 4.82. The van der Waals surface area contributed by atoms with Crippen LogP contribution >= 0.6 is 0 Å². The van der Waals surface area contributed by atoms with E-state index in [1.807, 2.05) is 0 Å². The zero-order valence-corrected chi connectivity index (χ0v) is 9.26. The summed E-state index contributed by atoms with van der Waals surface area (Å²) in [5.41, 5.74) is 0. The lowest BCUT2D eigenvalue weighted by Gasteiger charge is -2.22. The second-order valence-electron chi connectivity index (χ2n) is 3.66. The fraction of sp³-hybridized carbons (Fsp3) is 0.600. The number of hydrogen-bond acceptors (Lipinski definition) is 1. The molecular weight excluding hydrogens is 164 g/mol. The van der Waals surface area contributed by atoms with Crippen LogP contribution in [-0.4, -0.2) is 14.9 Å². The molecule has 0 radical (unpaired) electrons. The van der Waals surface area contributed by atoms with Gasteiger partial charge in [-0.15, -0.1) is 0 Å². The van der Waals surface area contributed by atoms with Gasteiger partial charge in [0.15, 0.2) is 0 Å². The maximum absolute atomic E-state index is 5.88. The third-order valence-electron chi connectivity index (χ3n) is 2.13. The summed E-state index contributed by atoms with van der Waals surface area (Å²) >= 11 is 0. The highest BCUT2D eigenvalue weighted by molar-refractivity contribution is 6.79. The van der Waals surface area contributed by atoms with Gasteiger partial charge in [-0.05, 0) is 31.1 Å². The molecule has 1 aliphatic rings. The van der Waals surface area contributed by atoms with Gasteiger partial charge in [-0.3, -0.25) is 0 Å². The maximum Gasteiger partial charge on any atom is 0.217 e. The predicted molar refractivity (Wildman–Crippen MR) is 55.6 cm³/mol. The van der Waals surface area contributed by atoms with Crippen LogP contribution < -0.4 is 0 Å². The van der Waals surface area contributed by atoms with Crippen molar-refractivity contribution in [2.24, 2.45) is 0 Å². The van der Waals surface area contributed by atoms with Gasteiger partial charge in [0.2, 0.25) is 8.32 Å². The summed E-state index contributed by atoms with van der Waals surface area (Å²) in [5, 5.41) is 1.45. The molecule has 0 saturated carbocycles. The molecule has 0 saturated heterocycles. The van der Waals surface area contributed by atoms with E-state index in [4.69, 9.17) is 4.43 Å². The number of allylic oxidation sites excluding steroid dienone is 4. The minimum Gasteiger partial charge on any atom is -0.413 e. The molecule has 0 N–H and O–H groups in total. The van der Waals surface area contributed by atoms with E-state index in [2.05, 4.69) is 38.2 Å². The van der Waals surface area contributed by atoms with E-state index in [1.54, 1.807) is 0 Å². The third kappa shape index (κ3) is 2.32. The van der Waals surface area contributed by atoms with Crippen molar-refractivity contribution in [2.45, 2.75) is 32.9 Å². The molecule has 0 aromatic rings. The van der Waals surface area contributed by atoms with E-state index in [-0.39, 0.29) is 0 Å². The van der Waals surface area contributed by atoms with E-state index in [0.29, 0.717) is 0 Å². The van der Waals surface area contributed by atoms with Crippen molar-refractivity contribution < 1.29 is 4.43 Å². The molecule has 12 heavy (non-hydrogen) atoms. The summed E-state index contributed by atoms with van der Waals surface area (Å²) in [6.45, 7) is 7.60. The molecule has 0 aliphatic heterocycles. The first-order valence-corrected chi connectivity index (χ1v) is 7.59. The van der Waals surface area contributed by atoms with Crippen LogP contribution in [0.2, 0.25) is 13.1 Å². The lowest BCUT2D eigenvalue weighted by atomic mass is 10.5. The second kappa shape index (κ2) is 4.05. The number of hydrogen-bond donors (Lipinski definition) is 0. The zero-order valence-electron chi connectivity index (χ0n) is 8.26. The van der Waals surface area contributed by atoms with Crippen LogP contribution in [0.15, 0.2) is 23.4 Å². The molecule has 0 aromatic carbocycles. The van der Waals surface area contributed by atoms with Gasteiger partial charge in [0.05, 0.1) is 0 Å². The fourth-order valence-corrected chi connectivity index (χ4v) is 3.35. The molecule has 0 heterocycles. The van der Waals surface area contributed by atoms with Gasteiger partial charge in [-0.25, -0.2) is 0 Å². The largest absolute Gasteiger partial charge is 0.413 e. The van der Waals surface area contributed by atoms with Gasteiger partial charge in [-0.2, -0.15) is 0 Å². The molecule has 0 amide bonds. The van der Waals surface area contributed by atoms with Crippen LogP contribution in [0.5, 0.6) is 0 Å². The van der Waals surface area contributed by atoms with Gasteiger partial charge >= 0.3 is 0 Å². The van der Waals surface area contributed by atoms with Gasteiger partial charge in [0.25, 0.3) is 0 Å². The van der Waals surface area contributed by atoms with Gasteiger partial charge in [0.1, 0.15) is 0 Å². The Kier molecular flexibility index (Phi) is 3.29. The first-order valence-electron chi connectivity index (χ1n) is 4.68. The summed E-state index contributed by atoms with van der Waals surface area (Å²) in [5.74, 6) is 0. The Bertz CT molecular complexity index is 204. The lowest BCUT2D eigenvalue weighted by Crippen LogP contribution is -2.32. The molecule has 0 bridgehead atoms. The minimum atomic E-state index is -1.52. The standard InChI is InChI=1S/C10H18OSi/c1-4-9-11-12(2,3)10-7-5-6-8-10/h5,7-8H,4,6,9H2,1-3H3. The molecule has 1 rings (SSSR count). The summed E-state index contributed by atoms with van der Waals surface area (Å²) < 4.78 is 5.88. The summed E-state index contributed by atoms with van der Waals surface area (Å²) in [6, 6.07) is 0. The average Bonchev–Trinajstić information content (AvgIpc) is 2.53.